The molecule has 0 aliphatic carbocycles. The van der Waals surface area contributed by atoms with Gasteiger partial charge in [-0.15, -0.1) is 0 Å². The molecule has 0 saturated heterocycles. The van der Waals surface area contributed by atoms with E-state index in [1.165, 1.54) is 6.07 Å². The van der Waals surface area contributed by atoms with E-state index in [9.17, 15) is 4.79 Å². The summed E-state index contributed by atoms with van der Waals surface area (Å²) in [5.74, 6) is 1.28. The summed E-state index contributed by atoms with van der Waals surface area (Å²) in [6.45, 7) is 1.75. The summed E-state index contributed by atoms with van der Waals surface area (Å²) in [7, 11) is 1.61. The Morgan fingerprint density at radius 2 is 1.87 bits per heavy atom. The molecule has 0 atom stereocenters. The van der Waals surface area contributed by atoms with Crippen LogP contribution in [0, 0.1) is 5.41 Å². The molecule has 0 unspecified atom stereocenters. The SMILES string of the molecule is COc1ccc(-c2cc(=O)c3cc(CC(C)=N)ccc3o2)cc1. The zero-order valence-corrected chi connectivity index (χ0v) is 13.1. The summed E-state index contributed by atoms with van der Waals surface area (Å²) in [4.78, 5) is 12.4. The lowest BCUT2D eigenvalue weighted by Crippen LogP contribution is -2.02. The molecule has 4 nitrogen and oxygen atoms in total. The van der Waals surface area contributed by atoms with Crippen LogP contribution in [-0.4, -0.2) is 12.8 Å². The Kier molecular flexibility index (Phi) is 3.98. The lowest BCUT2D eigenvalue weighted by Gasteiger charge is -2.06. The van der Waals surface area contributed by atoms with Crippen molar-refractivity contribution < 1.29 is 9.15 Å². The smallest absolute Gasteiger partial charge is 0.193 e. The Labute approximate surface area is 133 Å². The Morgan fingerprint density at radius 1 is 1.13 bits per heavy atom. The third-order valence-corrected chi connectivity index (χ3v) is 3.64. The molecule has 1 heterocycles. The molecular weight excluding hydrogens is 290 g/mol. The topological polar surface area (TPSA) is 63.3 Å². The van der Waals surface area contributed by atoms with Crippen LogP contribution >= 0.6 is 0 Å². The third-order valence-electron chi connectivity index (χ3n) is 3.64. The predicted molar refractivity (Wildman–Crippen MR) is 91.6 cm³/mol. The van der Waals surface area contributed by atoms with E-state index in [1.807, 2.05) is 30.3 Å². The van der Waals surface area contributed by atoms with Crippen molar-refractivity contribution in [2.45, 2.75) is 13.3 Å². The van der Waals surface area contributed by atoms with Crippen molar-refractivity contribution in [2.24, 2.45) is 0 Å². The molecule has 0 radical (unpaired) electrons. The molecule has 0 amide bonds. The zero-order chi connectivity index (χ0) is 16.4. The number of ether oxygens (including phenoxy) is 1. The summed E-state index contributed by atoms with van der Waals surface area (Å²) >= 11 is 0. The maximum atomic E-state index is 12.4. The average molecular weight is 307 g/mol. The van der Waals surface area contributed by atoms with Crippen molar-refractivity contribution in [1.82, 2.24) is 0 Å². The number of hydrogen-bond donors (Lipinski definition) is 1. The minimum absolute atomic E-state index is 0.0819. The van der Waals surface area contributed by atoms with E-state index in [0.29, 0.717) is 28.9 Å². The van der Waals surface area contributed by atoms with E-state index in [1.54, 1.807) is 26.2 Å². The fourth-order valence-corrected chi connectivity index (χ4v) is 2.52. The highest BCUT2D eigenvalue weighted by atomic mass is 16.5. The highest BCUT2D eigenvalue weighted by molar-refractivity contribution is 5.84. The Bertz CT molecular complexity index is 923. The second-order valence-corrected chi connectivity index (χ2v) is 5.49. The monoisotopic (exact) mass is 307 g/mol. The van der Waals surface area contributed by atoms with Crippen LogP contribution in [0.25, 0.3) is 22.3 Å². The zero-order valence-electron chi connectivity index (χ0n) is 13.1. The van der Waals surface area contributed by atoms with Gasteiger partial charge in [-0.25, -0.2) is 0 Å². The molecule has 116 valence electrons. The number of benzene rings is 2. The molecule has 1 N–H and O–H groups in total. The van der Waals surface area contributed by atoms with E-state index in [2.05, 4.69) is 0 Å². The van der Waals surface area contributed by atoms with Crippen LogP contribution < -0.4 is 10.2 Å². The van der Waals surface area contributed by atoms with Gasteiger partial charge < -0.3 is 14.6 Å². The van der Waals surface area contributed by atoms with Crippen molar-refractivity contribution >= 4 is 16.7 Å². The maximum Gasteiger partial charge on any atom is 0.193 e. The molecule has 1 aromatic heterocycles. The molecule has 0 saturated carbocycles. The van der Waals surface area contributed by atoms with Crippen LogP contribution in [0.5, 0.6) is 5.75 Å². The first-order valence-electron chi connectivity index (χ1n) is 7.32. The molecule has 23 heavy (non-hydrogen) atoms. The van der Waals surface area contributed by atoms with Crippen LogP contribution in [0.2, 0.25) is 0 Å². The summed E-state index contributed by atoms with van der Waals surface area (Å²) in [6.07, 6.45) is 0.537. The second kappa shape index (κ2) is 6.08. The average Bonchev–Trinajstić information content (AvgIpc) is 2.55. The lowest BCUT2D eigenvalue weighted by molar-refractivity contribution is 0.415. The van der Waals surface area contributed by atoms with Crippen LogP contribution in [0.3, 0.4) is 0 Å². The number of methoxy groups -OCH3 is 1. The minimum atomic E-state index is -0.0819. The molecule has 0 aliphatic rings. The summed E-state index contributed by atoms with van der Waals surface area (Å²) in [6, 6.07) is 14.4. The quantitative estimate of drug-likeness (QED) is 0.740. The largest absolute Gasteiger partial charge is 0.497 e. The van der Waals surface area contributed by atoms with Crippen LogP contribution in [0.4, 0.5) is 0 Å². The number of fused-ring (bicyclic) bond motifs is 1. The van der Waals surface area contributed by atoms with Gasteiger partial charge in [0.15, 0.2) is 5.43 Å². The van der Waals surface area contributed by atoms with E-state index < -0.39 is 0 Å². The highest BCUT2D eigenvalue weighted by Gasteiger charge is 2.08. The Hall–Kier alpha value is -2.88. The van der Waals surface area contributed by atoms with Gasteiger partial charge in [0.25, 0.3) is 0 Å². The van der Waals surface area contributed by atoms with Crippen molar-refractivity contribution in [3.8, 4) is 17.1 Å². The van der Waals surface area contributed by atoms with Gasteiger partial charge in [-0.1, -0.05) is 6.07 Å². The molecule has 0 fully saturated rings. The van der Waals surface area contributed by atoms with Gasteiger partial charge in [-0.3, -0.25) is 4.79 Å². The van der Waals surface area contributed by atoms with Crippen molar-refractivity contribution in [3.05, 3.63) is 64.3 Å². The van der Waals surface area contributed by atoms with Gasteiger partial charge in [0.2, 0.25) is 0 Å². The molecule has 3 aromatic rings. The normalized spacial score (nSPS) is 10.7. The van der Waals surface area contributed by atoms with Gasteiger partial charge in [-0.2, -0.15) is 0 Å². The first kappa shape index (κ1) is 15.0. The second-order valence-electron chi connectivity index (χ2n) is 5.49. The van der Waals surface area contributed by atoms with Crippen molar-refractivity contribution in [1.29, 1.82) is 5.41 Å². The van der Waals surface area contributed by atoms with Crippen LogP contribution in [0.15, 0.2) is 57.7 Å². The van der Waals surface area contributed by atoms with Crippen LogP contribution in [0.1, 0.15) is 12.5 Å². The van der Waals surface area contributed by atoms with Gasteiger partial charge in [0.1, 0.15) is 17.1 Å². The predicted octanol–water partition coefficient (Wildman–Crippen LogP) is 4.05. The summed E-state index contributed by atoms with van der Waals surface area (Å²) in [5, 5.41) is 8.10. The maximum absolute atomic E-state index is 12.4. The van der Waals surface area contributed by atoms with E-state index in [4.69, 9.17) is 14.6 Å². The number of nitrogens with one attached hydrogen (secondary N) is 1. The van der Waals surface area contributed by atoms with Gasteiger partial charge >= 0.3 is 0 Å². The molecule has 3 rings (SSSR count). The Balaban J connectivity index is 2.07. The van der Waals surface area contributed by atoms with Crippen molar-refractivity contribution in [3.63, 3.8) is 0 Å². The van der Waals surface area contributed by atoms with E-state index >= 15 is 0 Å². The first-order valence-corrected chi connectivity index (χ1v) is 7.32. The van der Waals surface area contributed by atoms with E-state index in [0.717, 1.165) is 16.9 Å². The number of rotatable bonds is 4. The third kappa shape index (κ3) is 3.16. The highest BCUT2D eigenvalue weighted by Crippen LogP contribution is 2.24. The van der Waals surface area contributed by atoms with Gasteiger partial charge in [-0.05, 0) is 48.9 Å². The van der Waals surface area contributed by atoms with Gasteiger partial charge in [0.05, 0.1) is 12.5 Å². The summed E-state index contributed by atoms with van der Waals surface area (Å²) < 4.78 is 11.0. The molecule has 0 spiro atoms. The fourth-order valence-electron chi connectivity index (χ4n) is 2.52. The molecule has 4 heteroatoms. The summed E-state index contributed by atoms with van der Waals surface area (Å²) in [5.41, 5.74) is 2.79. The molecule has 0 bridgehead atoms. The standard InChI is InChI=1S/C19H17NO3/c1-12(20)9-13-3-8-18-16(10-13)17(21)11-19(23-18)14-4-6-15(22-2)7-5-14/h3-8,10-11,20H,9H2,1-2H3. The first-order chi connectivity index (χ1) is 11.1. The Morgan fingerprint density at radius 3 is 2.52 bits per heavy atom. The van der Waals surface area contributed by atoms with Crippen LogP contribution in [-0.2, 0) is 6.42 Å². The van der Waals surface area contributed by atoms with E-state index in [-0.39, 0.29) is 5.43 Å². The van der Waals surface area contributed by atoms with Gasteiger partial charge in [0, 0.05) is 23.8 Å². The molecule has 0 aliphatic heterocycles. The minimum Gasteiger partial charge on any atom is -0.497 e. The number of hydrogen-bond acceptors (Lipinski definition) is 4. The molecule has 2 aromatic carbocycles. The fraction of sp³-hybridized carbons (Fsp3) is 0.158. The van der Waals surface area contributed by atoms with Crippen molar-refractivity contribution in [2.75, 3.05) is 7.11 Å². The molecular formula is C19H17NO3. The lowest BCUT2D eigenvalue weighted by atomic mass is 10.1.